The van der Waals surface area contributed by atoms with E-state index >= 15 is 0 Å². The van der Waals surface area contributed by atoms with Crippen molar-refractivity contribution in [2.45, 2.75) is 39.0 Å². The number of hydrogen-bond donors (Lipinski definition) is 2. The molecule has 0 heterocycles. The highest BCUT2D eigenvalue weighted by Crippen LogP contribution is 2.31. The lowest BCUT2D eigenvalue weighted by atomic mass is 10.1. The summed E-state index contributed by atoms with van der Waals surface area (Å²) in [6, 6.07) is 5.43. The van der Waals surface area contributed by atoms with Gasteiger partial charge in [0, 0.05) is 12.6 Å². The molecule has 1 aromatic carbocycles. The standard InChI is InChI=1S/C14H19F3N2O/c1-3-10(2)18-9-13(20)19-8-11-6-4-5-7-12(11)14(15,16)17/h4-7,10,18H,3,8-9H2,1-2H3,(H,19,20). The van der Waals surface area contributed by atoms with Crippen LogP contribution in [0.5, 0.6) is 0 Å². The number of benzene rings is 1. The first-order valence-electron chi connectivity index (χ1n) is 6.49. The molecule has 2 N–H and O–H groups in total. The monoisotopic (exact) mass is 288 g/mol. The zero-order valence-electron chi connectivity index (χ0n) is 11.6. The van der Waals surface area contributed by atoms with Crippen LogP contribution in [0.4, 0.5) is 13.2 Å². The van der Waals surface area contributed by atoms with Gasteiger partial charge in [-0.3, -0.25) is 4.79 Å². The summed E-state index contributed by atoms with van der Waals surface area (Å²) in [6.07, 6.45) is -3.53. The summed E-state index contributed by atoms with van der Waals surface area (Å²) in [6.45, 7) is 3.89. The predicted octanol–water partition coefficient (Wildman–Crippen LogP) is 2.71. The Morgan fingerprint density at radius 3 is 2.55 bits per heavy atom. The minimum absolute atomic E-state index is 0.0666. The van der Waals surface area contributed by atoms with Gasteiger partial charge in [-0.15, -0.1) is 0 Å². The molecule has 0 saturated carbocycles. The second-order valence-electron chi connectivity index (χ2n) is 4.62. The van der Waals surface area contributed by atoms with Crippen LogP contribution in [-0.2, 0) is 17.5 Å². The molecule has 6 heteroatoms. The van der Waals surface area contributed by atoms with Crippen molar-refractivity contribution in [2.75, 3.05) is 6.54 Å². The van der Waals surface area contributed by atoms with Gasteiger partial charge in [-0.05, 0) is 25.0 Å². The Morgan fingerprint density at radius 1 is 1.30 bits per heavy atom. The molecule has 1 aromatic rings. The molecule has 0 aliphatic rings. The van der Waals surface area contributed by atoms with Gasteiger partial charge in [-0.25, -0.2) is 0 Å². The van der Waals surface area contributed by atoms with E-state index in [1.807, 2.05) is 13.8 Å². The fourth-order valence-corrected chi connectivity index (χ4v) is 1.62. The van der Waals surface area contributed by atoms with Crippen molar-refractivity contribution in [1.29, 1.82) is 0 Å². The first-order valence-corrected chi connectivity index (χ1v) is 6.49. The summed E-state index contributed by atoms with van der Waals surface area (Å²) in [5.74, 6) is -0.317. The molecule has 0 aliphatic heterocycles. The van der Waals surface area contributed by atoms with Gasteiger partial charge in [-0.2, -0.15) is 13.2 Å². The highest BCUT2D eigenvalue weighted by atomic mass is 19.4. The van der Waals surface area contributed by atoms with Crippen LogP contribution in [-0.4, -0.2) is 18.5 Å². The molecular formula is C14H19F3N2O. The van der Waals surface area contributed by atoms with Crippen LogP contribution in [0, 0.1) is 0 Å². The largest absolute Gasteiger partial charge is 0.416 e. The number of carbonyl (C=O) groups excluding carboxylic acids is 1. The lowest BCUT2D eigenvalue weighted by Gasteiger charge is -2.14. The van der Waals surface area contributed by atoms with Crippen molar-refractivity contribution in [2.24, 2.45) is 0 Å². The lowest BCUT2D eigenvalue weighted by molar-refractivity contribution is -0.138. The smallest absolute Gasteiger partial charge is 0.351 e. The fourth-order valence-electron chi connectivity index (χ4n) is 1.62. The molecule has 1 atom stereocenters. The highest BCUT2D eigenvalue weighted by Gasteiger charge is 2.32. The third-order valence-electron chi connectivity index (χ3n) is 3.02. The summed E-state index contributed by atoms with van der Waals surface area (Å²) < 4.78 is 38.2. The minimum Gasteiger partial charge on any atom is -0.351 e. The molecule has 0 aromatic heterocycles. The van der Waals surface area contributed by atoms with E-state index in [9.17, 15) is 18.0 Å². The van der Waals surface area contributed by atoms with Crippen molar-refractivity contribution in [3.8, 4) is 0 Å². The number of halogens is 3. The van der Waals surface area contributed by atoms with Gasteiger partial charge in [0.1, 0.15) is 0 Å². The normalized spacial score (nSPS) is 13.1. The second kappa shape index (κ2) is 7.28. The van der Waals surface area contributed by atoms with Gasteiger partial charge in [0.15, 0.2) is 0 Å². The summed E-state index contributed by atoms with van der Waals surface area (Å²) in [5.41, 5.74) is -0.646. The van der Waals surface area contributed by atoms with E-state index in [1.165, 1.54) is 18.2 Å². The second-order valence-corrected chi connectivity index (χ2v) is 4.62. The van der Waals surface area contributed by atoms with E-state index in [0.717, 1.165) is 12.5 Å². The van der Waals surface area contributed by atoms with E-state index < -0.39 is 11.7 Å². The first-order chi connectivity index (χ1) is 9.34. The highest BCUT2D eigenvalue weighted by molar-refractivity contribution is 5.78. The Morgan fingerprint density at radius 2 is 1.95 bits per heavy atom. The molecule has 0 saturated heterocycles. The van der Waals surface area contributed by atoms with Crippen molar-refractivity contribution in [3.63, 3.8) is 0 Å². The average Bonchev–Trinajstić information content (AvgIpc) is 2.41. The first kappa shape index (κ1) is 16.5. The van der Waals surface area contributed by atoms with Gasteiger partial charge < -0.3 is 10.6 Å². The quantitative estimate of drug-likeness (QED) is 0.845. The topological polar surface area (TPSA) is 41.1 Å². The van der Waals surface area contributed by atoms with Gasteiger partial charge >= 0.3 is 6.18 Å². The molecule has 1 amide bonds. The van der Waals surface area contributed by atoms with Crippen molar-refractivity contribution >= 4 is 5.91 Å². The van der Waals surface area contributed by atoms with E-state index in [4.69, 9.17) is 0 Å². The molecule has 112 valence electrons. The van der Waals surface area contributed by atoms with E-state index in [0.29, 0.717) is 0 Å². The number of hydrogen-bond acceptors (Lipinski definition) is 2. The summed E-state index contributed by atoms with van der Waals surface area (Å²) >= 11 is 0. The van der Waals surface area contributed by atoms with Crippen LogP contribution in [0.1, 0.15) is 31.4 Å². The predicted molar refractivity (Wildman–Crippen MR) is 71.0 cm³/mol. The maximum absolute atomic E-state index is 12.7. The summed E-state index contributed by atoms with van der Waals surface area (Å²) in [4.78, 5) is 11.5. The van der Waals surface area contributed by atoms with Crippen LogP contribution in [0.15, 0.2) is 24.3 Å². The molecule has 0 fully saturated rings. The Kier molecular flexibility index (Phi) is 6.01. The number of nitrogens with one attached hydrogen (secondary N) is 2. The SMILES string of the molecule is CCC(C)NCC(=O)NCc1ccccc1C(F)(F)F. The number of amides is 1. The van der Waals surface area contributed by atoms with E-state index in [-0.39, 0.29) is 30.6 Å². The Balaban J connectivity index is 2.56. The maximum Gasteiger partial charge on any atom is 0.416 e. The minimum atomic E-state index is -4.41. The molecule has 0 spiro atoms. The number of carbonyl (C=O) groups is 1. The molecule has 1 rings (SSSR count). The van der Waals surface area contributed by atoms with Crippen LogP contribution in [0.2, 0.25) is 0 Å². The summed E-state index contributed by atoms with van der Waals surface area (Å²) in [7, 11) is 0. The molecule has 0 radical (unpaired) electrons. The summed E-state index contributed by atoms with van der Waals surface area (Å²) in [5, 5.41) is 5.47. The Bertz CT molecular complexity index is 446. The third-order valence-corrected chi connectivity index (χ3v) is 3.02. The van der Waals surface area contributed by atoms with Gasteiger partial charge in [0.2, 0.25) is 5.91 Å². The Labute approximate surface area is 116 Å². The molecule has 20 heavy (non-hydrogen) atoms. The van der Waals surface area contributed by atoms with Crippen LogP contribution in [0.25, 0.3) is 0 Å². The fraction of sp³-hybridized carbons (Fsp3) is 0.500. The molecule has 0 aliphatic carbocycles. The zero-order valence-corrected chi connectivity index (χ0v) is 11.6. The van der Waals surface area contributed by atoms with Crippen molar-refractivity contribution < 1.29 is 18.0 Å². The molecular weight excluding hydrogens is 269 g/mol. The van der Waals surface area contributed by atoms with Crippen LogP contribution >= 0.6 is 0 Å². The van der Waals surface area contributed by atoms with E-state index in [1.54, 1.807) is 0 Å². The molecule has 3 nitrogen and oxygen atoms in total. The Hall–Kier alpha value is -1.56. The van der Waals surface area contributed by atoms with Gasteiger partial charge in [0.25, 0.3) is 0 Å². The average molecular weight is 288 g/mol. The van der Waals surface area contributed by atoms with Gasteiger partial charge in [-0.1, -0.05) is 25.1 Å². The molecule has 0 bridgehead atoms. The van der Waals surface area contributed by atoms with Crippen LogP contribution in [0.3, 0.4) is 0 Å². The van der Waals surface area contributed by atoms with Crippen LogP contribution < -0.4 is 10.6 Å². The maximum atomic E-state index is 12.7. The lowest BCUT2D eigenvalue weighted by Crippen LogP contribution is -2.37. The van der Waals surface area contributed by atoms with Gasteiger partial charge in [0.05, 0.1) is 12.1 Å². The number of rotatable bonds is 6. The molecule has 1 unspecified atom stereocenters. The number of alkyl halides is 3. The van der Waals surface area contributed by atoms with Crippen molar-refractivity contribution in [3.05, 3.63) is 35.4 Å². The van der Waals surface area contributed by atoms with E-state index in [2.05, 4.69) is 10.6 Å². The van der Waals surface area contributed by atoms with Crippen molar-refractivity contribution in [1.82, 2.24) is 10.6 Å². The third kappa shape index (κ3) is 5.21. The zero-order chi connectivity index (χ0) is 15.2.